The largest absolute Gasteiger partial charge is 0.481 e. The van der Waals surface area contributed by atoms with Crippen molar-refractivity contribution in [3.63, 3.8) is 0 Å². The molecule has 2 bridgehead atoms. The number of carboxylic acid groups (broad SMARTS) is 1. The zero-order valence-corrected chi connectivity index (χ0v) is 11.6. The number of furan rings is 1. The van der Waals surface area contributed by atoms with Crippen molar-refractivity contribution in [2.45, 2.75) is 18.6 Å². The molecule has 0 aromatic carbocycles. The number of hydrogen-bond donors (Lipinski definition) is 3. The summed E-state index contributed by atoms with van der Waals surface area (Å²) in [5.74, 6) is -4.26. The summed E-state index contributed by atoms with van der Waals surface area (Å²) in [6.07, 6.45) is 4.01. The van der Waals surface area contributed by atoms with E-state index in [1.165, 1.54) is 18.4 Å². The molecule has 1 aromatic heterocycles. The molecule has 4 unspecified atom stereocenters. The zero-order valence-electron chi connectivity index (χ0n) is 11.6. The van der Waals surface area contributed by atoms with Gasteiger partial charge in [0.25, 0.3) is 0 Å². The molecular formula is C14H14N2O6. The number of hydrazine groups is 1. The van der Waals surface area contributed by atoms with Gasteiger partial charge in [0.1, 0.15) is 5.92 Å². The van der Waals surface area contributed by atoms with Crippen molar-refractivity contribution >= 4 is 17.8 Å². The molecule has 0 spiro atoms. The Kier molecular flexibility index (Phi) is 3.25. The zero-order chi connectivity index (χ0) is 15.9. The summed E-state index contributed by atoms with van der Waals surface area (Å²) in [6.45, 7) is 1.64. The van der Waals surface area contributed by atoms with Gasteiger partial charge in [-0.2, -0.15) is 0 Å². The maximum Gasteiger partial charge on any atom is 0.310 e. The van der Waals surface area contributed by atoms with Crippen molar-refractivity contribution in [2.75, 3.05) is 0 Å². The normalized spacial score (nSPS) is 32.0. The van der Waals surface area contributed by atoms with Gasteiger partial charge < -0.3 is 14.3 Å². The third kappa shape index (κ3) is 2.17. The monoisotopic (exact) mass is 306 g/mol. The molecule has 1 fully saturated rings. The molecule has 22 heavy (non-hydrogen) atoms. The minimum absolute atomic E-state index is 0.0328. The van der Waals surface area contributed by atoms with Gasteiger partial charge in [0.15, 0.2) is 5.76 Å². The van der Waals surface area contributed by atoms with E-state index in [9.17, 15) is 19.5 Å². The first kappa shape index (κ1) is 14.3. The predicted octanol–water partition coefficient (Wildman–Crippen LogP) is 0.0849. The molecule has 2 aliphatic heterocycles. The highest BCUT2D eigenvalue weighted by Crippen LogP contribution is 2.46. The van der Waals surface area contributed by atoms with Gasteiger partial charge in [-0.1, -0.05) is 12.2 Å². The first-order valence-electron chi connectivity index (χ1n) is 6.66. The third-order valence-electron chi connectivity index (χ3n) is 3.95. The van der Waals surface area contributed by atoms with Crippen molar-refractivity contribution in [3.05, 3.63) is 36.3 Å². The number of carbonyl (C=O) groups excluding carboxylic acids is 2. The summed E-state index contributed by atoms with van der Waals surface area (Å²) < 4.78 is 10.5. The maximum absolute atomic E-state index is 12.3. The number of fused-ring (bicyclic) bond motifs is 2. The first-order valence-corrected chi connectivity index (χ1v) is 6.66. The number of carbonyl (C=O) groups is 3. The lowest BCUT2D eigenvalue weighted by atomic mass is 9.76. The Morgan fingerprint density at radius 2 is 2.09 bits per heavy atom. The molecule has 3 rings (SSSR count). The van der Waals surface area contributed by atoms with Crippen LogP contribution in [0.3, 0.4) is 0 Å². The third-order valence-corrected chi connectivity index (χ3v) is 3.95. The molecular weight excluding hydrogens is 292 g/mol. The van der Waals surface area contributed by atoms with Crippen molar-refractivity contribution in [2.24, 2.45) is 11.8 Å². The molecule has 8 nitrogen and oxygen atoms in total. The van der Waals surface area contributed by atoms with Crippen molar-refractivity contribution in [1.29, 1.82) is 0 Å². The molecule has 1 saturated heterocycles. The van der Waals surface area contributed by atoms with Crippen LogP contribution in [0.4, 0.5) is 0 Å². The Morgan fingerprint density at radius 3 is 2.73 bits per heavy atom. The van der Waals surface area contributed by atoms with E-state index in [2.05, 4.69) is 10.9 Å². The second-order valence-corrected chi connectivity index (χ2v) is 5.39. The topological polar surface area (TPSA) is 118 Å². The van der Waals surface area contributed by atoms with Crippen molar-refractivity contribution in [1.82, 2.24) is 10.9 Å². The lowest BCUT2D eigenvalue weighted by Crippen LogP contribution is -2.52. The van der Waals surface area contributed by atoms with E-state index < -0.39 is 41.3 Å². The second-order valence-electron chi connectivity index (χ2n) is 5.39. The van der Waals surface area contributed by atoms with E-state index in [0.29, 0.717) is 0 Å². The summed E-state index contributed by atoms with van der Waals surface area (Å²) in [6, 6.07) is 2.97. The van der Waals surface area contributed by atoms with E-state index in [-0.39, 0.29) is 5.76 Å². The molecule has 0 aliphatic carbocycles. The summed E-state index contributed by atoms with van der Waals surface area (Å²) in [5.41, 5.74) is 3.43. The highest BCUT2D eigenvalue weighted by atomic mass is 16.5. The van der Waals surface area contributed by atoms with Crippen LogP contribution in [0.1, 0.15) is 17.5 Å². The number of ether oxygens (including phenoxy) is 1. The van der Waals surface area contributed by atoms with Crippen LogP contribution < -0.4 is 10.9 Å². The first-order chi connectivity index (χ1) is 10.4. The highest BCUT2D eigenvalue weighted by Gasteiger charge is 2.59. The molecule has 1 aromatic rings. The van der Waals surface area contributed by atoms with Crippen LogP contribution >= 0.6 is 0 Å². The number of hydrogen-bond acceptors (Lipinski definition) is 5. The summed E-state index contributed by atoms with van der Waals surface area (Å²) in [7, 11) is 0. The number of amides is 2. The fourth-order valence-corrected chi connectivity index (χ4v) is 2.95. The molecule has 8 heteroatoms. The van der Waals surface area contributed by atoms with Crippen LogP contribution in [0.5, 0.6) is 0 Å². The van der Waals surface area contributed by atoms with Gasteiger partial charge in [0, 0.05) is 0 Å². The number of rotatable bonds is 3. The minimum atomic E-state index is -1.12. The molecule has 3 N–H and O–H groups in total. The smallest absolute Gasteiger partial charge is 0.310 e. The Morgan fingerprint density at radius 1 is 1.32 bits per heavy atom. The van der Waals surface area contributed by atoms with Crippen LogP contribution in [0.2, 0.25) is 0 Å². The highest BCUT2D eigenvalue weighted by molar-refractivity contribution is 5.94. The Balaban J connectivity index is 1.70. The van der Waals surface area contributed by atoms with Gasteiger partial charge in [-0.25, -0.2) is 0 Å². The molecule has 3 heterocycles. The van der Waals surface area contributed by atoms with Crippen molar-refractivity contribution < 1.29 is 28.6 Å². The molecule has 4 atom stereocenters. The fraction of sp³-hybridized carbons (Fsp3) is 0.357. The number of nitrogens with one attached hydrogen (secondary N) is 2. The van der Waals surface area contributed by atoms with Gasteiger partial charge in [-0.15, -0.1) is 0 Å². The van der Waals surface area contributed by atoms with Crippen LogP contribution in [0.25, 0.3) is 0 Å². The molecule has 2 aliphatic rings. The Labute approximate surface area is 125 Å². The SMILES string of the molecule is CC12C=CC(O1)C(C(=O)O)C2C(=O)NNC(=O)c1ccco1. The molecule has 116 valence electrons. The molecule has 2 amide bonds. The van der Waals surface area contributed by atoms with Crippen LogP contribution in [-0.4, -0.2) is 34.6 Å². The number of aliphatic carboxylic acids is 1. The molecule has 0 saturated carbocycles. The van der Waals surface area contributed by atoms with Crippen molar-refractivity contribution in [3.8, 4) is 0 Å². The fourth-order valence-electron chi connectivity index (χ4n) is 2.95. The second kappa shape index (κ2) is 4.99. The summed E-state index contributed by atoms with van der Waals surface area (Å²) in [5, 5.41) is 9.30. The van der Waals surface area contributed by atoms with Gasteiger partial charge in [0.2, 0.25) is 5.91 Å². The van der Waals surface area contributed by atoms with Gasteiger partial charge in [-0.3, -0.25) is 25.2 Å². The van der Waals surface area contributed by atoms with Gasteiger partial charge in [0.05, 0.1) is 23.9 Å². The van der Waals surface area contributed by atoms with E-state index >= 15 is 0 Å². The average molecular weight is 306 g/mol. The minimum Gasteiger partial charge on any atom is -0.481 e. The number of carboxylic acids is 1. The Hall–Kier alpha value is -2.61. The maximum atomic E-state index is 12.3. The predicted molar refractivity (Wildman–Crippen MR) is 71.4 cm³/mol. The van der Waals surface area contributed by atoms with E-state index in [0.717, 1.165) is 0 Å². The van der Waals surface area contributed by atoms with Gasteiger partial charge in [-0.05, 0) is 19.1 Å². The lowest BCUT2D eigenvalue weighted by molar-refractivity contribution is -0.147. The summed E-state index contributed by atoms with van der Waals surface area (Å²) >= 11 is 0. The summed E-state index contributed by atoms with van der Waals surface area (Å²) in [4.78, 5) is 35.4. The van der Waals surface area contributed by atoms with Crippen LogP contribution in [0.15, 0.2) is 35.0 Å². The van der Waals surface area contributed by atoms with E-state index in [1.807, 2.05) is 0 Å². The standard InChI is InChI=1S/C14H14N2O6/c1-14-5-4-7(22-14)9(13(19)20)10(14)12(18)16-15-11(17)8-3-2-6-21-8/h2-7,9-10H,1H3,(H,15,17)(H,16,18)(H,19,20). The lowest BCUT2D eigenvalue weighted by Gasteiger charge is -2.27. The quantitative estimate of drug-likeness (QED) is 0.538. The van der Waals surface area contributed by atoms with E-state index in [4.69, 9.17) is 9.15 Å². The van der Waals surface area contributed by atoms with Crippen LogP contribution in [-0.2, 0) is 14.3 Å². The van der Waals surface area contributed by atoms with Crippen LogP contribution in [0, 0.1) is 11.8 Å². The van der Waals surface area contributed by atoms with Gasteiger partial charge >= 0.3 is 11.9 Å². The van der Waals surface area contributed by atoms with E-state index in [1.54, 1.807) is 19.1 Å². The molecule has 0 radical (unpaired) electrons. The average Bonchev–Trinajstić information content (AvgIpc) is 3.16. The Bertz CT molecular complexity index is 652.